The van der Waals surface area contributed by atoms with Crippen molar-refractivity contribution in [3.63, 3.8) is 0 Å². The predicted molar refractivity (Wildman–Crippen MR) is 179 cm³/mol. The van der Waals surface area contributed by atoms with Crippen LogP contribution in [0, 0.1) is 0 Å². The largest absolute Gasteiger partial charge is 0.355 e. The van der Waals surface area contributed by atoms with Crippen molar-refractivity contribution in [2.75, 3.05) is 0 Å². The first-order chi connectivity index (χ1) is 20.8. The predicted octanol–water partition coefficient (Wildman–Crippen LogP) is 10.9. The molecule has 0 aliphatic carbocycles. The summed E-state index contributed by atoms with van der Waals surface area (Å²) in [5.41, 5.74) is 10.9. The second kappa shape index (κ2) is 8.95. The van der Waals surface area contributed by atoms with Gasteiger partial charge in [0.2, 0.25) is 0 Å². The standard InChI is InChI=1S/C40H26N2/c1-2-8-26(9-3-1)27-14-15-29-23-32(19-16-28(29)22-27)42-39-13-7-5-11-34(39)36-25-31(18-21-40(36)42)30-17-20-38-35(24-30)33-10-4-6-12-37(33)41-38/h1-25,41H. The minimum Gasteiger partial charge on any atom is -0.355 e. The highest BCUT2D eigenvalue weighted by molar-refractivity contribution is 6.12. The van der Waals surface area contributed by atoms with Crippen LogP contribution in [0.2, 0.25) is 0 Å². The number of H-pyrrole nitrogens is 1. The van der Waals surface area contributed by atoms with E-state index in [9.17, 15) is 0 Å². The number of hydrogen-bond acceptors (Lipinski definition) is 0. The van der Waals surface area contributed by atoms with E-state index < -0.39 is 0 Å². The summed E-state index contributed by atoms with van der Waals surface area (Å²) >= 11 is 0. The van der Waals surface area contributed by atoms with Crippen LogP contribution >= 0.6 is 0 Å². The summed E-state index contributed by atoms with van der Waals surface area (Å²) in [4.78, 5) is 3.55. The Morgan fingerprint density at radius 1 is 0.357 bits per heavy atom. The van der Waals surface area contributed by atoms with Crippen molar-refractivity contribution < 1.29 is 0 Å². The Kier molecular flexibility index (Phi) is 4.93. The van der Waals surface area contributed by atoms with Crippen molar-refractivity contribution >= 4 is 54.4 Å². The highest BCUT2D eigenvalue weighted by atomic mass is 15.0. The number of benzene rings is 7. The normalized spacial score (nSPS) is 11.8. The second-order valence-corrected chi connectivity index (χ2v) is 11.1. The van der Waals surface area contributed by atoms with Gasteiger partial charge in [-0.3, -0.25) is 0 Å². The number of rotatable bonds is 3. The molecule has 0 unspecified atom stereocenters. The van der Waals surface area contributed by atoms with Crippen molar-refractivity contribution in [2.24, 2.45) is 0 Å². The third-order valence-corrected chi connectivity index (χ3v) is 8.70. The molecular weight excluding hydrogens is 508 g/mol. The van der Waals surface area contributed by atoms with Crippen LogP contribution in [0.4, 0.5) is 0 Å². The van der Waals surface area contributed by atoms with Gasteiger partial charge in [-0.1, -0.05) is 97.1 Å². The van der Waals surface area contributed by atoms with E-state index in [1.54, 1.807) is 0 Å². The van der Waals surface area contributed by atoms with Gasteiger partial charge in [-0.25, -0.2) is 0 Å². The summed E-state index contributed by atoms with van der Waals surface area (Å²) in [5, 5.41) is 7.54. The van der Waals surface area contributed by atoms with Gasteiger partial charge >= 0.3 is 0 Å². The Hall–Kier alpha value is -5.60. The quantitative estimate of drug-likeness (QED) is 0.233. The number of aromatic nitrogens is 2. The highest BCUT2D eigenvalue weighted by Gasteiger charge is 2.14. The van der Waals surface area contributed by atoms with Crippen molar-refractivity contribution in [1.29, 1.82) is 0 Å². The van der Waals surface area contributed by atoms with Crippen LogP contribution in [-0.4, -0.2) is 9.55 Å². The molecular formula is C40H26N2. The van der Waals surface area contributed by atoms with Crippen LogP contribution in [0.25, 0.3) is 82.3 Å². The van der Waals surface area contributed by atoms with E-state index in [0.717, 1.165) is 0 Å². The summed E-state index contributed by atoms with van der Waals surface area (Å²) in [6, 6.07) is 55.1. The van der Waals surface area contributed by atoms with E-state index in [-0.39, 0.29) is 0 Å². The number of para-hydroxylation sites is 2. The average Bonchev–Trinajstić information content (AvgIpc) is 3.60. The molecule has 9 aromatic rings. The molecule has 196 valence electrons. The number of aromatic amines is 1. The average molecular weight is 535 g/mol. The van der Waals surface area contributed by atoms with Crippen molar-refractivity contribution in [3.05, 3.63) is 152 Å². The molecule has 1 N–H and O–H groups in total. The molecule has 2 heteroatoms. The lowest BCUT2D eigenvalue weighted by Crippen LogP contribution is -1.94. The molecule has 42 heavy (non-hydrogen) atoms. The number of hydrogen-bond donors (Lipinski definition) is 1. The molecule has 2 heterocycles. The maximum absolute atomic E-state index is 3.55. The molecule has 7 aromatic carbocycles. The van der Waals surface area contributed by atoms with Gasteiger partial charge in [0.15, 0.2) is 0 Å². The first kappa shape index (κ1) is 23.1. The van der Waals surface area contributed by atoms with Crippen LogP contribution in [0.3, 0.4) is 0 Å². The molecule has 2 aromatic heterocycles. The third kappa shape index (κ3) is 3.52. The topological polar surface area (TPSA) is 20.7 Å². The monoisotopic (exact) mass is 534 g/mol. The molecule has 0 fully saturated rings. The minimum atomic E-state index is 1.17. The zero-order chi connectivity index (χ0) is 27.6. The first-order valence-electron chi connectivity index (χ1n) is 14.4. The zero-order valence-corrected chi connectivity index (χ0v) is 22.9. The summed E-state index contributed by atoms with van der Waals surface area (Å²) in [6.07, 6.45) is 0. The van der Waals surface area contributed by atoms with Crippen molar-refractivity contribution in [3.8, 4) is 27.9 Å². The van der Waals surface area contributed by atoms with Crippen molar-refractivity contribution in [2.45, 2.75) is 0 Å². The molecule has 2 nitrogen and oxygen atoms in total. The Morgan fingerprint density at radius 3 is 1.88 bits per heavy atom. The van der Waals surface area contributed by atoms with Gasteiger partial charge in [0.25, 0.3) is 0 Å². The molecule has 0 amide bonds. The van der Waals surface area contributed by atoms with Gasteiger partial charge < -0.3 is 9.55 Å². The number of fused-ring (bicyclic) bond motifs is 7. The smallest absolute Gasteiger partial charge is 0.0541 e. The van der Waals surface area contributed by atoms with Crippen LogP contribution in [0.1, 0.15) is 0 Å². The second-order valence-electron chi connectivity index (χ2n) is 11.1. The first-order valence-corrected chi connectivity index (χ1v) is 14.4. The maximum Gasteiger partial charge on any atom is 0.0541 e. The molecule has 9 rings (SSSR count). The Morgan fingerprint density at radius 2 is 0.976 bits per heavy atom. The van der Waals surface area contributed by atoms with Gasteiger partial charge in [-0.2, -0.15) is 0 Å². The molecule has 0 aliphatic rings. The molecule has 0 atom stereocenters. The van der Waals surface area contributed by atoms with Gasteiger partial charge in [-0.15, -0.1) is 0 Å². The van der Waals surface area contributed by atoms with Gasteiger partial charge in [0.1, 0.15) is 0 Å². The van der Waals surface area contributed by atoms with E-state index in [2.05, 4.69) is 161 Å². The molecule has 0 spiro atoms. The Bertz CT molecular complexity index is 2460. The fourth-order valence-electron chi connectivity index (χ4n) is 6.64. The third-order valence-electron chi connectivity index (χ3n) is 8.70. The molecule has 0 saturated heterocycles. The lowest BCUT2D eigenvalue weighted by Gasteiger charge is -2.11. The lowest BCUT2D eigenvalue weighted by molar-refractivity contribution is 1.19. The maximum atomic E-state index is 3.55. The number of nitrogens with zero attached hydrogens (tertiary/aromatic N) is 1. The fraction of sp³-hybridized carbons (Fsp3) is 0. The lowest BCUT2D eigenvalue weighted by atomic mass is 10.0. The van der Waals surface area contributed by atoms with E-state index in [1.165, 1.54) is 82.3 Å². The van der Waals surface area contributed by atoms with Crippen molar-refractivity contribution in [1.82, 2.24) is 9.55 Å². The number of nitrogens with one attached hydrogen (secondary N) is 1. The van der Waals surface area contributed by atoms with E-state index in [4.69, 9.17) is 0 Å². The van der Waals surface area contributed by atoms with E-state index >= 15 is 0 Å². The molecule has 0 aliphatic heterocycles. The van der Waals surface area contributed by atoms with Crippen LogP contribution in [0.5, 0.6) is 0 Å². The zero-order valence-electron chi connectivity index (χ0n) is 22.9. The Labute approximate surface area is 243 Å². The molecule has 0 bridgehead atoms. The SMILES string of the molecule is c1ccc(-c2ccc3cc(-n4c5ccccc5c5cc(-c6ccc7[nH]c8ccccc8c7c6)ccc54)ccc3c2)cc1. The van der Waals surface area contributed by atoms with Crippen LogP contribution < -0.4 is 0 Å². The van der Waals surface area contributed by atoms with E-state index in [1.807, 2.05) is 0 Å². The molecule has 0 saturated carbocycles. The molecule has 0 radical (unpaired) electrons. The summed E-state index contributed by atoms with van der Waals surface area (Å²) in [6.45, 7) is 0. The fourth-order valence-corrected chi connectivity index (χ4v) is 6.64. The van der Waals surface area contributed by atoms with Crippen LogP contribution in [0.15, 0.2) is 152 Å². The van der Waals surface area contributed by atoms with E-state index in [0.29, 0.717) is 0 Å². The summed E-state index contributed by atoms with van der Waals surface area (Å²) in [7, 11) is 0. The summed E-state index contributed by atoms with van der Waals surface area (Å²) in [5.74, 6) is 0. The van der Waals surface area contributed by atoms with Gasteiger partial charge in [0.05, 0.1) is 11.0 Å². The van der Waals surface area contributed by atoms with Gasteiger partial charge in [-0.05, 0) is 87.6 Å². The minimum absolute atomic E-state index is 1.17. The van der Waals surface area contributed by atoms with Crippen LogP contribution in [-0.2, 0) is 0 Å². The van der Waals surface area contributed by atoms with Gasteiger partial charge in [0, 0.05) is 38.3 Å². The summed E-state index contributed by atoms with van der Waals surface area (Å²) < 4.78 is 2.40. The Balaban J connectivity index is 1.20. The highest BCUT2D eigenvalue weighted by Crippen LogP contribution is 2.37.